The summed E-state index contributed by atoms with van der Waals surface area (Å²) in [7, 11) is -3.74. The van der Waals surface area contributed by atoms with E-state index < -0.39 is 16.1 Å². The standard InChI is InChI=1S/C22H35N3O3S/c1-3-17(2)21(24-29(27,28)19-11-5-4-6-12-19)22(26)23-16-18-10-9-15-25-14-8-7-13-20(18)25/h4-6,11-12,17-18,20-21,24H,3,7-10,13-16H2,1-2H3,(H,23,26)/t17?,18-,20+,21-/m0/s1. The van der Waals surface area contributed by atoms with E-state index in [-0.39, 0.29) is 16.7 Å². The summed E-state index contributed by atoms with van der Waals surface area (Å²) in [6, 6.07) is 8.03. The van der Waals surface area contributed by atoms with E-state index in [2.05, 4.69) is 14.9 Å². The molecule has 0 aliphatic carbocycles. The van der Waals surface area contributed by atoms with Crippen LogP contribution in [0.5, 0.6) is 0 Å². The molecule has 1 amide bonds. The van der Waals surface area contributed by atoms with Crippen LogP contribution in [-0.4, -0.2) is 50.9 Å². The molecule has 7 heteroatoms. The minimum absolute atomic E-state index is 0.0916. The van der Waals surface area contributed by atoms with Crippen molar-refractivity contribution in [3.63, 3.8) is 0 Å². The Morgan fingerprint density at radius 1 is 1.14 bits per heavy atom. The Morgan fingerprint density at radius 3 is 2.59 bits per heavy atom. The van der Waals surface area contributed by atoms with E-state index in [0.29, 0.717) is 18.5 Å². The number of hydrogen-bond donors (Lipinski definition) is 2. The summed E-state index contributed by atoms with van der Waals surface area (Å²) in [5, 5.41) is 3.08. The molecule has 4 atom stereocenters. The molecule has 0 bridgehead atoms. The summed E-state index contributed by atoms with van der Waals surface area (Å²) in [4.78, 5) is 15.8. The van der Waals surface area contributed by atoms with Gasteiger partial charge in [0.1, 0.15) is 6.04 Å². The number of carbonyl (C=O) groups excluding carboxylic acids is 1. The van der Waals surface area contributed by atoms with Gasteiger partial charge in [-0.3, -0.25) is 4.79 Å². The van der Waals surface area contributed by atoms with Gasteiger partial charge in [-0.15, -0.1) is 0 Å². The number of sulfonamides is 1. The number of rotatable bonds is 8. The first-order valence-corrected chi connectivity index (χ1v) is 12.5. The zero-order valence-corrected chi connectivity index (χ0v) is 18.5. The first-order valence-electron chi connectivity index (χ1n) is 11.0. The topological polar surface area (TPSA) is 78.5 Å². The highest BCUT2D eigenvalue weighted by atomic mass is 32.2. The van der Waals surface area contributed by atoms with Gasteiger partial charge in [-0.2, -0.15) is 4.72 Å². The maximum absolute atomic E-state index is 13.0. The zero-order chi connectivity index (χ0) is 20.9. The minimum atomic E-state index is -3.74. The van der Waals surface area contributed by atoms with Crippen LogP contribution in [-0.2, 0) is 14.8 Å². The Labute approximate surface area is 175 Å². The second-order valence-electron chi connectivity index (χ2n) is 8.54. The third-order valence-corrected chi connectivity index (χ3v) is 8.06. The molecule has 2 saturated heterocycles. The summed E-state index contributed by atoms with van der Waals surface area (Å²) < 4.78 is 28.2. The fraction of sp³-hybridized carbons (Fsp3) is 0.682. The fourth-order valence-electron chi connectivity index (χ4n) is 4.66. The molecule has 0 saturated carbocycles. The van der Waals surface area contributed by atoms with Crippen LogP contribution >= 0.6 is 0 Å². The zero-order valence-electron chi connectivity index (χ0n) is 17.6. The number of fused-ring (bicyclic) bond motifs is 1. The van der Waals surface area contributed by atoms with Crippen LogP contribution < -0.4 is 10.0 Å². The molecule has 29 heavy (non-hydrogen) atoms. The average molecular weight is 422 g/mol. The molecular weight excluding hydrogens is 386 g/mol. The van der Waals surface area contributed by atoms with Crippen molar-refractivity contribution in [3.8, 4) is 0 Å². The van der Waals surface area contributed by atoms with Crippen LogP contribution in [0.15, 0.2) is 35.2 Å². The second-order valence-corrected chi connectivity index (χ2v) is 10.3. The summed E-state index contributed by atoms with van der Waals surface area (Å²) in [6.07, 6.45) is 6.76. The van der Waals surface area contributed by atoms with E-state index in [1.165, 1.54) is 38.8 Å². The molecule has 2 fully saturated rings. The normalized spacial score (nSPS) is 25.0. The van der Waals surface area contributed by atoms with Crippen molar-refractivity contribution in [1.29, 1.82) is 0 Å². The Morgan fingerprint density at radius 2 is 1.86 bits per heavy atom. The van der Waals surface area contributed by atoms with Crippen LogP contribution in [0, 0.1) is 11.8 Å². The van der Waals surface area contributed by atoms with Crippen LogP contribution in [0.4, 0.5) is 0 Å². The molecule has 6 nitrogen and oxygen atoms in total. The first-order chi connectivity index (χ1) is 13.9. The van der Waals surface area contributed by atoms with Gasteiger partial charge >= 0.3 is 0 Å². The van der Waals surface area contributed by atoms with Gasteiger partial charge in [-0.25, -0.2) is 8.42 Å². The molecule has 0 aromatic heterocycles. The molecule has 2 aliphatic rings. The monoisotopic (exact) mass is 421 g/mol. The third-order valence-electron chi connectivity index (χ3n) is 6.60. The van der Waals surface area contributed by atoms with Crippen molar-refractivity contribution in [2.45, 2.75) is 69.4 Å². The number of amides is 1. The maximum Gasteiger partial charge on any atom is 0.241 e. The number of nitrogens with zero attached hydrogens (tertiary/aromatic N) is 1. The molecule has 0 radical (unpaired) electrons. The SMILES string of the molecule is CCC(C)[C@H](NS(=O)(=O)c1ccccc1)C(=O)NC[C@@H]1CCCN2CCCC[C@H]12. The Balaban J connectivity index is 1.65. The van der Waals surface area contributed by atoms with Gasteiger partial charge in [-0.05, 0) is 62.7 Å². The molecule has 2 N–H and O–H groups in total. The van der Waals surface area contributed by atoms with Gasteiger partial charge in [0.25, 0.3) is 0 Å². The van der Waals surface area contributed by atoms with E-state index in [9.17, 15) is 13.2 Å². The van der Waals surface area contributed by atoms with Gasteiger partial charge < -0.3 is 10.2 Å². The highest BCUT2D eigenvalue weighted by Crippen LogP contribution is 2.30. The van der Waals surface area contributed by atoms with Gasteiger partial charge in [0.2, 0.25) is 15.9 Å². The summed E-state index contributed by atoms with van der Waals surface area (Å²) in [5.74, 6) is 0.147. The molecule has 0 spiro atoms. The largest absolute Gasteiger partial charge is 0.354 e. The lowest BCUT2D eigenvalue weighted by atomic mass is 9.83. The molecule has 1 aromatic carbocycles. The maximum atomic E-state index is 13.0. The van der Waals surface area contributed by atoms with Crippen molar-refractivity contribution in [2.24, 2.45) is 11.8 Å². The predicted octanol–water partition coefficient (Wildman–Crippen LogP) is 2.76. The van der Waals surface area contributed by atoms with Crippen molar-refractivity contribution in [1.82, 2.24) is 14.9 Å². The third kappa shape index (κ3) is 5.58. The number of nitrogens with one attached hydrogen (secondary N) is 2. The van der Waals surface area contributed by atoms with Crippen molar-refractivity contribution < 1.29 is 13.2 Å². The van der Waals surface area contributed by atoms with Crippen molar-refractivity contribution in [2.75, 3.05) is 19.6 Å². The number of hydrogen-bond acceptors (Lipinski definition) is 4. The smallest absolute Gasteiger partial charge is 0.241 e. The second kappa shape index (κ2) is 10.0. The molecular formula is C22H35N3O3S. The summed E-state index contributed by atoms with van der Waals surface area (Å²) in [5.41, 5.74) is 0. The Kier molecular flexibility index (Phi) is 7.71. The van der Waals surface area contributed by atoms with Crippen LogP contribution in [0.2, 0.25) is 0 Å². The van der Waals surface area contributed by atoms with Gasteiger partial charge in [0, 0.05) is 12.6 Å². The molecule has 1 aromatic rings. The lowest BCUT2D eigenvalue weighted by Crippen LogP contribution is -2.54. The average Bonchev–Trinajstić information content (AvgIpc) is 2.76. The lowest BCUT2D eigenvalue weighted by molar-refractivity contribution is -0.124. The van der Waals surface area contributed by atoms with E-state index in [0.717, 1.165) is 12.8 Å². The molecule has 3 rings (SSSR count). The molecule has 2 aliphatic heterocycles. The lowest BCUT2D eigenvalue weighted by Gasteiger charge is -2.44. The number of benzene rings is 1. The molecule has 162 valence electrons. The van der Waals surface area contributed by atoms with Gasteiger partial charge in [-0.1, -0.05) is 44.9 Å². The summed E-state index contributed by atoms with van der Waals surface area (Å²) in [6.45, 7) is 6.85. The minimum Gasteiger partial charge on any atom is -0.354 e. The quantitative estimate of drug-likeness (QED) is 0.677. The molecule has 1 unspecified atom stereocenters. The first kappa shape index (κ1) is 22.2. The fourth-order valence-corrected chi connectivity index (χ4v) is 5.98. The highest BCUT2D eigenvalue weighted by molar-refractivity contribution is 7.89. The van der Waals surface area contributed by atoms with Crippen LogP contribution in [0.3, 0.4) is 0 Å². The van der Waals surface area contributed by atoms with E-state index in [1.807, 2.05) is 13.8 Å². The Bertz CT molecular complexity index is 767. The van der Waals surface area contributed by atoms with E-state index >= 15 is 0 Å². The van der Waals surface area contributed by atoms with Gasteiger partial charge in [0.05, 0.1) is 4.90 Å². The van der Waals surface area contributed by atoms with Crippen LogP contribution in [0.25, 0.3) is 0 Å². The molecule has 2 heterocycles. The summed E-state index contributed by atoms with van der Waals surface area (Å²) >= 11 is 0. The van der Waals surface area contributed by atoms with Gasteiger partial charge in [0.15, 0.2) is 0 Å². The highest BCUT2D eigenvalue weighted by Gasteiger charge is 2.34. The Hall–Kier alpha value is -1.44. The van der Waals surface area contributed by atoms with E-state index in [1.54, 1.807) is 30.3 Å². The van der Waals surface area contributed by atoms with Crippen LogP contribution in [0.1, 0.15) is 52.4 Å². The number of carbonyl (C=O) groups is 1. The number of piperidine rings is 2. The predicted molar refractivity (Wildman–Crippen MR) is 115 cm³/mol. The van der Waals surface area contributed by atoms with Crippen molar-refractivity contribution >= 4 is 15.9 Å². The van der Waals surface area contributed by atoms with E-state index in [4.69, 9.17) is 0 Å². The van der Waals surface area contributed by atoms with Crippen molar-refractivity contribution in [3.05, 3.63) is 30.3 Å².